The molecule has 6 N–H and O–H groups in total. The molecule has 74 valence electrons. The molecule has 0 saturated heterocycles. The van der Waals surface area contributed by atoms with Crippen molar-refractivity contribution in [3.63, 3.8) is 0 Å². The van der Waals surface area contributed by atoms with Gasteiger partial charge in [-0.15, -0.1) is 0 Å². The third kappa shape index (κ3) is 1.52. The number of phenolic OH excluding ortho intramolecular Hbond substituents is 1. The number of hydrogen-bond donors (Lipinski definition) is 4. The maximum absolute atomic E-state index is 9.66. The SMILES string of the molecule is NNC(=C1CC1)c1ccc(N)cc1O. The number of benzene rings is 1. The van der Waals surface area contributed by atoms with Crippen molar-refractivity contribution in [3.8, 4) is 5.75 Å². The number of nitrogens with two attached hydrogens (primary N) is 2. The van der Waals surface area contributed by atoms with E-state index in [1.54, 1.807) is 12.1 Å². The summed E-state index contributed by atoms with van der Waals surface area (Å²) in [6, 6.07) is 5.04. The van der Waals surface area contributed by atoms with Crippen LogP contribution in [-0.4, -0.2) is 5.11 Å². The van der Waals surface area contributed by atoms with Crippen molar-refractivity contribution in [3.05, 3.63) is 29.3 Å². The normalized spacial score (nSPS) is 13.9. The molecule has 1 aromatic carbocycles. The summed E-state index contributed by atoms with van der Waals surface area (Å²) in [4.78, 5) is 0. The van der Waals surface area contributed by atoms with Gasteiger partial charge in [0.15, 0.2) is 0 Å². The summed E-state index contributed by atoms with van der Waals surface area (Å²) in [5, 5.41) is 9.66. The van der Waals surface area contributed by atoms with Crippen molar-refractivity contribution >= 4 is 11.4 Å². The number of anilines is 1. The van der Waals surface area contributed by atoms with Gasteiger partial charge in [-0.3, -0.25) is 5.84 Å². The van der Waals surface area contributed by atoms with Crippen LogP contribution in [0.4, 0.5) is 5.69 Å². The first-order valence-electron chi connectivity index (χ1n) is 4.50. The molecule has 2 rings (SSSR count). The van der Waals surface area contributed by atoms with Crippen molar-refractivity contribution in [1.82, 2.24) is 5.43 Å². The minimum absolute atomic E-state index is 0.164. The van der Waals surface area contributed by atoms with Crippen LogP contribution in [0.5, 0.6) is 5.75 Å². The van der Waals surface area contributed by atoms with Crippen molar-refractivity contribution in [2.24, 2.45) is 5.84 Å². The van der Waals surface area contributed by atoms with E-state index in [9.17, 15) is 5.11 Å². The second kappa shape index (κ2) is 3.23. The van der Waals surface area contributed by atoms with E-state index in [0.29, 0.717) is 11.3 Å². The zero-order valence-corrected chi connectivity index (χ0v) is 7.75. The van der Waals surface area contributed by atoms with Crippen LogP contribution in [0.3, 0.4) is 0 Å². The number of hydrazine groups is 1. The molecule has 1 fully saturated rings. The van der Waals surface area contributed by atoms with Gasteiger partial charge in [0.2, 0.25) is 0 Å². The predicted molar refractivity (Wildman–Crippen MR) is 56.0 cm³/mol. The highest BCUT2D eigenvalue weighted by Gasteiger charge is 2.20. The highest BCUT2D eigenvalue weighted by Crippen LogP contribution is 2.37. The number of rotatable bonds is 2. The Hall–Kier alpha value is -1.68. The van der Waals surface area contributed by atoms with Crippen molar-refractivity contribution in [2.75, 3.05) is 5.73 Å². The first-order chi connectivity index (χ1) is 6.72. The summed E-state index contributed by atoms with van der Waals surface area (Å²) in [6.45, 7) is 0. The van der Waals surface area contributed by atoms with Crippen LogP contribution in [0.1, 0.15) is 18.4 Å². The Labute approximate surface area is 82.2 Å². The number of nitrogens with one attached hydrogen (secondary N) is 1. The van der Waals surface area contributed by atoms with E-state index in [2.05, 4.69) is 5.43 Å². The molecular weight excluding hydrogens is 178 g/mol. The average molecular weight is 191 g/mol. The molecule has 4 heteroatoms. The molecule has 0 aromatic heterocycles. The van der Waals surface area contributed by atoms with Crippen LogP contribution in [0.25, 0.3) is 5.70 Å². The summed E-state index contributed by atoms with van der Waals surface area (Å²) in [5.41, 5.74) is 11.5. The summed E-state index contributed by atoms with van der Waals surface area (Å²) in [6.07, 6.45) is 2.09. The summed E-state index contributed by atoms with van der Waals surface area (Å²) >= 11 is 0. The summed E-state index contributed by atoms with van der Waals surface area (Å²) < 4.78 is 0. The van der Waals surface area contributed by atoms with Crippen LogP contribution in [-0.2, 0) is 0 Å². The topological polar surface area (TPSA) is 84.3 Å². The van der Waals surface area contributed by atoms with Crippen LogP contribution in [0.15, 0.2) is 23.8 Å². The zero-order chi connectivity index (χ0) is 10.1. The van der Waals surface area contributed by atoms with Gasteiger partial charge < -0.3 is 16.3 Å². The molecule has 0 radical (unpaired) electrons. The van der Waals surface area contributed by atoms with Crippen LogP contribution in [0, 0.1) is 0 Å². The fourth-order valence-corrected chi connectivity index (χ4v) is 1.44. The molecule has 0 atom stereocenters. The van der Waals surface area contributed by atoms with Crippen molar-refractivity contribution in [2.45, 2.75) is 12.8 Å². The van der Waals surface area contributed by atoms with Gasteiger partial charge >= 0.3 is 0 Å². The molecule has 0 heterocycles. The van der Waals surface area contributed by atoms with Crippen LogP contribution in [0.2, 0.25) is 0 Å². The molecular formula is C10H13N3O. The highest BCUT2D eigenvalue weighted by molar-refractivity contribution is 5.74. The van der Waals surface area contributed by atoms with Gasteiger partial charge in [-0.25, -0.2) is 0 Å². The van der Waals surface area contributed by atoms with E-state index in [0.717, 1.165) is 18.5 Å². The largest absolute Gasteiger partial charge is 0.507 e. The fraction of sp³-hybridized carbons (Fsp3) is 0.200. The van der Waals surface area contributed by atoms with E-state index < -0.39 is 0 Å². The zero-order valence-electron chi connectivity index (χ0n) is 7.75. The highest BCUT2D eigenvalue weighted by atomic mass is 16.3. The minimum atomic E-state index is 0.164. The van der Waals surface area contributed by atoms with Crippen LogP contribution < -0.4 is 17.0 Å². The summed E-state index contributed by atoms with van der Waals surface area (Å²) in [5.74, 6) is 5.57. The smallest absolute Gasteiger partial charge is 0.126 e. The van der Waals surface area contributed by atoms with Crippen molar-refractivity contribution < 1.29 is 5.11 Å². The van der Waals surface area contributed by atoms with E-state index in [1.165, 1.54) is 11.6 Å². The molecule has 4 nitrogen and oxygen atoms in total. The molecule has 0 spiro atoms. The van der Waals surface area contributed by atoms with E-state index >= 15 is 0 Å². The molecule has 0 aliphatic heterocycles. The predicted octanol–water partition coefficient (Wildman–Crippen LogP) is 0.943. The van der Waals surface area contributed by atoms with Gasteiger partial charge in [-0.1, -0.05) is 0 Å². The molecule has 0 unspecified atom stereocenters. The Balaban J connectivity index is 2.45. The Morgan fingerprint density at radius 2 is 2.07 bits per heavy atom. The second-order valence-electron chi connectivity index (χ2n) is 3.40. The number of allylic oxidation sites excluding steroid dienone is 1. The van der Waals surface area contributed by atoms with Gasteiger partial charge in [-0.05, 0) is 30.5 Å². The lowest BCUT2D eigenvalue weighted by Gasteiger charge is -2.09. The number of phenols is 1. The van der Waals surface area contributed by atoms with Crippen LogP contribution >= 0.6 is 0 Å². The lowest BCUT2D eigenvalue weighted by Crippen LogP contribution is -2.20. The van der Waals surface area contributed by atoms with Gasteiger partial charge in [0.25, 0.3) is 0 Å². The third-order valence-corrected chi connectivity index (χ3v) is 2.29. The Morgan fingerprint density at radius 1 is 1.36 bits per heavy atom. The third-order valence-electron chi connectivity index (χ3n) is 2.29. The quantitative estimate of drug-likeness (QED) is 0.318. The first-order valence-corrected chi connectivity index (χ1v) is 4.50. The van der Waals surface area contributed by atoms with Gasteiger partial charge in [0.1, 0.15) is 5.75 Å². The second-order valence-corrected chi connectivity index (χ2v) is 3.40. The Kier molecular flexibility index (Phi) is 2.05. The lowest BCUT2D eigenvalue weighted by atomic mass is 10.1. The van der Waals surface area contributed by atoms with Gasteiger partial charge in [0, 0.05) is 17.3 Å². The maximum atomic E-state index is 9.66. The Morgan fingerprint density at radius 3 is 2.57 bits per heavy atom. The number of hydrogen-bond acceptors (Lipinski definition) is 4. The van der Waals surface area contributed by atoms with Gasteiger partial charge in [0.05, 0.1) is 5.70 Å². The number of aromatic hydroxyl groups is 1. The maximum Gasteiger partial charge on any atom is 0.126 e. The fourth-order valence-electron chi connectivity index (χ4n) is 1.44. The molecule has 1 aliphatic carbocycles. The van der Waals surface area contributed by atoms with E-state index in [-0.39, 0.29) is 5.75 Å². The molecule has 0 bridgehead atoms. The standard InChI is InChI=1S/C10H13N3O/c11-7-3-4-8(9(14)5-7)10(13-12)6-1-2-6/h3-5,13-14H,1-2,11-12H2. The Bertz CT molecular complexity index is 392. The number of nitrogen functional groups attached to an aromatic ring is 1. The molecule has 1 saturated carbocycles. The van der Waals surface area contributed by atoms with E-state index in [4.69, 9.17) is 11.6 Å². The molecule has 14 heavy (non-hydrogen) atoms. The molecule has 1 aliphatic rings. The first kappa shape index (κ1) is 8.90. The van der Waals surface area contributed by atoms with E-state index in [1.807, 2.05) is 0 Å². The minimum Gasteiger partial charge on any atom is -0.507 e. The average Bonchev–Trinajstić information content (AvgIpc) is 2.93. The monoisotopic (exact) mass is 191 g/mol. The summed E-state index contributed by atoms with van der Waals surface area (Å²) in [7, 11) is 0. The molecule has 1 aromatic rings. The van der Waals surface area contributed by atoms with Crippen molar-refractivity contribution in [1.29, 1.82) is 0 Å². The van der Waals surface area contributed by atoms with Gasteiger partial charge in [-0.2, -0.15) is 0 Å². The molecule has 0 amide bonds. The lowest BCUT2D eigenvalue weighted by molar-refractivity contribution is 0.473.